The smallest absolute Gasteiger partial charge is 0.243 e. The Morgan fingerprint density at radius 1 is 1.19 bits per heavy atom. The molecular formula is C21H22N2O5S3. The molecule has 0 atom stereocenters. The Kier molecular flexibility index (Phi) is 6.92. The minimum absolute atomic E-state index is 0.0745. The number of Topliss-reactive ketones (excluding diaryl/α,β-unsaturated/α-hetero) is 1. The first-order chi connectivity index (χ1) is 15.0. The van der Waals surface area contributed by atoms with Gasteiger partial charge in [0.05, 0.1) is 40.7 Å². The molecule has 7 nitrogen and oxygen atoms in total. The molecule has 0 saturated carbocycles. The number of aromatic nitrogens is 1. The predicted molar refractivity (Wildman–Crippen MR) is 122 cm³/mol. The van der Waals surface area contributed by atoms with Crippen molar-refractivity contribution in [3.8, 4) is 5.75 Å². The maximum Gasteiger partial charge on any atom is 0.243 e. The summed E-state index contributed by atoms with van der Waals surface area (Å²) in [6.45, 7) is 4.01. The number of hydrogen-bond donors (Lipinski definition) is 0. The Hall–Kier alpha value is -1.98. The van der Waals surface area contributed by atoms with Crippen molar-refractivity contribution < 1.29 is 22.7 Å². The minimum atomic E-state index is -3.56. The van der Waals surface area contributed by atoms with Crippen LogP contribution in [0.5, 0.6) is 5.75 Å². The summed E-state index contributed by atoms with van der Waals surface area (Å²) in [7, 11) is -3.56. The van der Waals surface area contributed by atoms with Gasteiger partial charge in [0, 0.05) is 18.7 Å². The van der Waals surface area contributed by atoms with Crippen LogP contribution in [0.1, 0.15) is 17.3 Å². The highest BCUT2D eigenvalue weighted by Gasteiger charge is 2.26. The van der Waals surface area contributed by atoms with Gasteiger partial charge in [0.25, 0.3) is 0 Å². The maximum absolute atomic E-state index is 12.7. The van der Waals surface area contributed by atoms with Gasteiger partial charge in [0.1, 0.15) is 5.75 Å². The average molecular weight is 479 g/mol. The van der Waals surface area contributed by atoms with E-state index in [2.05, 4.69) is 4.98 Å². The Labute approximate surface area is 189 Å². The van der Waals surface area contributed by atoms with Gasteiger partial charge in [-0.3, -0.25) is 4.79 Å². The van der Waals surface area contributed by atoms with Crippen molar-refractivity contribution in [1.29, 1.82) is 0 Å². The summed E-state index contributed by atoms with van der Waals surface area (Å²) in [5.41, 5.74) is 1.36. The van der Waals surface area contributed by atoms with E-state index in [4.69, 9.17) is 9.47 Å². The van der Waals surface area contributed by atoms with E-state index in [-0.39, 0.29) is 16.4 Å². The molecule has 2 aromatic carbocycles. The molecule has 0 N–H and O–H groups in total. The van der Waals surface area contributed by atoms with Gasteiger partial charge < -0.3 is 9.47 Å². The molecule has 0 bridgehead atoms. The lowest BCUT2D eigenvalue weighted by Crippen LogP contribution is -2.40. The van der Waals surface area contributed by atoms with Crippen LogP contribution < -0.4 is 4.74 Å². The molecule has 0 aliphatic carbocycles. The van der Waals surface area contributed by atoms with Gasteiger partial charge in [-0.05, 0) is 37.3 Å². The molecule has 1 fully saturated rings. The lowest BCUT2D eigenvalue weighted by Gasteiger charge is -2.26. The standard InChI is InChI=1S/C21H22N2O5S3/c1-2-28-16-5-8-18-20(13-16)30-21(22-18)29-14-19(24)15-3-6-17(7-4-15)31(25,26)23-9-11-27-12-10-23/h3-8,13H,2,9-12,14H2,1H3. The van der Waals surface area contributed by atoms with E-state index in [9.17, 15) is 13.2 Å². The first-order valence-electron chi connectivity index (χ1n) is 9.85. The molecule has 0 unspecified atom stereocenters. The number of thioether (sulfide) groups is 1. The molecule has 1 aliphatic heterocycles. The minimum Gasteiger partial charge on any atom is -0.494 e. The Morgan fingerprint density at radius 2 is 1.94 bits per heavy atom. The van der Waals surface area contributed by atoms with Crippen molar-refractivity contribution in [1.82, 2.24) is 9.29 Å². The van der Waals surface area contributed by atoms with Crippen LogP contribution in [0.3, 0.4) is 0 Å². The number of hydrogen-bond acceptors (Lipinski definition) is 8. The molecular weight excluding hydrogens is 456 g/mol. The van der Waals surface area contributed by atoms with Crippen molar-refractivity contribution in [2.75, 3.05) is 38.7 Å². The van der Waals surface area contributed by atoms with Crippen molar-refractivity contribution in [3.05, 3.63) is 48.0 Å². The summed E-state index contributed by atoms with van der Waals surface area (Å²) in [6.07, 6.45) is 0. The van der Waals surface area contributed by atoms with Gasteiger partial charge >= 0.3 is 0 Å². The second-order valence-corrected chi connectivity index (χ2v) is 11.0. The number of sulfonamides is 1. The molecule has 10 heteroatoms. The highest BCUT2D eigenvalue weighted by molar-refractivity contribution is 8.01. The summed E-state index contributed by atoms with van der Waals surface area (Å²) in [5, 5.41) is 0. The van der Waals surface area contributed by atoms with Crippen molar-refractivity contribution in [3.63, 3.8) is 0 Å². The van der Waals surface area contributed by atoms with Crippen LogP contribution in [0, 0.1) is 0 Å². The number of thiazole rings is 1. The zero-order valence-electron chi connectivity index (χ0n) is 16.9. The van der Waals surface area contributed by atoms with E-state index in [1.165, 1.54) is 39.5 Å². The highest BCUT2D eigenvalue weighted by Crippen LogP contribution is 2.32. The van der Waals surface area contributed by atoms with Crippen LogP contribution in [0.4, 0.5) is 0 Å². The molecule has 1 aliphatic rings. The molecule has 0 amide bonds. The molecule has 31 heavy (non-hydrogen) atoms. The van der Waals surface area contributed by atoms with Crippen LogP contribution >= 0.6 is 23.1 Å². The second-order valence-electron chi connectivity index (χ2n) is 6.80. The fraction of sp³-hybridized carbons (Fsp3) is 0.333. The fourth-order valence-electron chi connectivity index (χ4n) is 3.16. The van der Waals surface area contributed by atoms with E-state index in [1.54, 1.807) is 12.1 Å². The third kappa shape index (κ3) is 5.09. The Morgan fingerprint density at radius 3 is 2.65 bits per heavy atom. The summed E-state index contributed by atoms with van der Waals surface area (Å²) < 4.78 is 39.4. The van der Waals surface area contributed by atoms with Crippen LogP contribution in [0.15, 0.2) is 51.7 Å². The zero-order valence-corrected chi connectivity index (χ0v) is 19.4. The number of nitrogens with zero attached hydrogens (tertiary/aromatic N) is 2. The van der Waals surface area contributed by atoms with Crippen molar-refractivity contribution >= 4 is 49.1 Å². The van der Waals surface area contributed by atoms with Crippen LogP contribution in [0.25, 0.3) is 10.2 Å². The second kappa shape index (κ2) is 9.66. The number of morpholine rings is 1. The first-order valence-corrected chi connectivity index (χ1v) is 13.1. The number of carbonyl (C=O) groups excluding carboxylic acids is 1. The summed E-state index contributed by atoms with van der Waals surface area (Å²) in [4.78, 5) is 17.3. The molecule has 0 spiro atoms. The van der Waals surface area contributed by atoms with Gasteiger partial charge in [-0.15, -0.1) is 11.3 Å². The van der Waals surface area contributed by atoms with E-state index < -0.39 is 10.0 Å². The predicted octanol–water partition coefficient (Wildman–Crippen LogP) is 3.69. The monoisotopic (exact) mass is 478 g/mol. The third-order valence-electron chi connectivity index (χ3n) is 4.76. The number of ether oxygens (including phenoxy) is 2. The molecule has 3 aromatic rings. The molecule has 1 aromatic heterocycles. The molecule has 4 rings (SSSR count). The van der Waals surface area contributed by atoms with Gasteiger partial charge in [0.15, 0.2) is 10.1 Å². The number of benzene rings is 2. The number of carbonyl (C=O) groups is 1. The Balaban J connectivity index is 1.40. The van der Waals surface area contributed by atoms with E-state index >= 15 is 0 Å². The largest absolute Gasteiger partial charge is 0.494 e. The van der Waals surface area contributed by atoms with Gasteiger partial charge in [-0.2, -0.15) is 4.31 Å². The lowest BCUT2D eigenvalue weighted by atomic mass is 10.1. The molecule has 1 saturated heterocycles. The summed E-state index contributed by atoms with van der Waals surface area (Å²) in [5.74, 6) is 0.959. The topological polar surface area (TPSA) is 85.8 Å². The number of rotatable bonds is 8. The van der Waals surface area contributed by atoms with Crippen molar-refractivity contribution in [2.45, 2.75) is 16.2 Å². The summed E-state index contributed by atoms with van der Waals surface area (Å²) in [6, 6.07) is 11.9. The average Bonchev–Trinajstić information content (AvgIpc) is 3.20. The normalized spacial score (nSPS) is 15.3. The van der Waals surface area contributed by atoms with Gasteiger partial charge in [-0.1, -0.05) is 23.9 Å². The van der Waals surface area contributed by atoms with Gasteiger partial charge in [0.2, 0.25) is 10.0 Å². The number of fused-ring (bicyclic) bond motifs is 1. The molecule has 0 radical (unpaired) electrons. The fourth-order valence-corrected chi connectivity index (χ4v) is 6.56. The number of ketones is 1. The summed E-state index contributed by atoms with van der Waals surface area (Å²) >= 11 is 2.90. The van der Waals surface area contributed by atoms with E-state index in [1.807, 2.05) is 25.1 Å². The molecule has 164 valence electrons. The molecule has 2 heterocycles. The van der Waals surface area contributed by atoms with Crippen LogP contribution in [-0.4, -0.2) is 62.2 Å². The first kappa shape index (κ1) is 22.2. The van der Waals surface area contributed by atoms with E-state index in [0.29, 0.717) is 38.5 Å². The zero-order chi connectivity index (χ0) is 21.8. The van der Waals surface area contributed by atoms with Crippen molar-refractivity contribution in [2.24, 2.45) is 0 Å². The third-order valence-corrected chi connectivity index (χ3v) is 8.84. The van der Waals surface area contributed by atoms with E-state index in [0.717, 1.165) is 20.3 Å². The highest BCUT2D eigenvalue weighted by atomic mass is 32.2. The maximum atomic E-state index is 12.7. The lowest BCUT2D eigenvalue weighted by molar-refractivity contribution is 0.0730. The van der Waals surface area contributed by atoms with Crippen LogP contribution in [0.2, 0.25) is 0 Å². The van der Waals surface area contributed by atoms with Gasteiger partial charge in [-0.25, -0.2) is 13.4 Å². The quantitative estimate of drug-likeness (QED) is 0.360. The SMILES string of the molecule is CCOc1ccc2nc(SCC(=O)c3ccc(S(=O)(=O)N4CCOCC4)cc3)sc2c1. The Bertz CT molecular complexity index is 1170. The van der Waals surface area contributed by atoms with Crippen LogP contribution in [-0.2, 0) is 14.8 Å².